The third kappa shape index (κ3) is 5.71. The summed E-state index contributed by atoms with van der Waals surface area (Å²) in [7, 11) is 0. The highest BCUT2D eigenvalue weighted by molar-refractivity contribution is 7.10. The lowest BCUT2D eigenvalue weighted by Gasteiger charge is -2.40. The van der Waals surface area contributed by atoms with E-state index in [1.54, 1.807) is 17.4 Å². The Balaban J connectivity index is 1.35. The number of benzene rings is 1. The van der Waals surface area contributed by atoms with Crippen molar-refractivity contribution in [3.63, 3.8) is 0 Å². The molecule has 1 saturated heterocycles. The summed E-state index contributed by atoms with van der Waals surface area (Å²) in [6, 6.07) is 10.2. The summed E-state index contributed by atoms with van der Waals surface area (Å²) in [6.45, 7) is 3.07. The van der Waals surface area contributed by atoms with E-state index in [2.05, 4.69) is 10.2 Å². The van der Waals surface area contributed by atoms with Crippen molar-refractivity contribution in [1.82, 2.24) is 15.1 Å². The van der Waals surface area contributed by atoms with Gasteiger partial charge in [0.2, 0.25) is 11.8 Å². The number of carbonyl (C=O) groups excluding carboxylic acids is 2. The molecule has 1 atom stereocenters. The molecule has 7 heteroatoms. The van der Waals surface area contributed by atoms with Gasteiger partial charge in [-0.1, -0.05) is 31.0 Å². The van der Waals surface area contributed by atoms with Crippen molar-refractivity contribution in [2.24, 2.45) is 5.92 Å². The maximum atomic E-state index is 13.5. The van der Waals surface area contributed by atoms with Gasteiger partial charge in [0.15, 0.2) is 0 Å². The number of rotatable bonds is 7. The number of amides is 2. The van der Waals surface area contributed by atoms with Crippen molar-refractivity contribution in [3.8, 4) is 0 Å². The van der Waals surface area contributed by atoms with Gasteiger partial charge in [-0.2, -0.15) is 0 Å². The first-order chi connectivity index (χ1) is 15.1. The number of thiophene rings is 1. The number of carbonyl (C=O) groups is 2. The first-order valence-electron chi connectivity index (χ1n) is 11.2. The molecule has 31 heavy (non-hydrogen) atoms. The van der Waals surface area contributed by atoms with Crippen LogP contribution in [0, 0.1) is 11.7 Å². The number of nitrogens with one attached hydrogen (secondary N) is 1. The lowest BCUT2D eigenvalue weighted by atomic mass is 9.95. The van der Waals surface area contributed by atoms with E-state index < -0.39 is 0 Å². The van der Waals surface area contributed by atoms with Crippen LogP contribution >= 0.6 is 11.3 Å². The highest BCUT2D eigenvalue weighted by Gasteiger charge is 2.37. The number of nitrogens with zero attached hydrogens (tertiary/aromatic N) is 2. The summed E-state index contributed by atoms with van der Waals surface area (Å²) in [5.41, 5.74) is 0.766. The van der Waals surface area contributed by atoms with Crippen LogP contribution in [0.5, 0.6) is 0 Å². The highest BCUT2D eigenvalue weighted by Crippen LogP contribution is 2.31. The fourth-order valence-electron chi connectivity index (χ4n) is 4.82. The Bertz CT molecular complexity index is 875. The minimum Gasteiger partial charge on any atom is -0.351 e. The molecule has 1 aliphatic heterocycles. The van der Waals surface area contributed by atoms with E-state index >= 15 is 0 Å². The monoisotopic (exact) mass is 443 g/mol. The summed E-state index contributed by atoms with van der Waals surface area (Å²) in [4.78, 5) is 31.1. The molecule has 1 N–H and O–H groups in total. The number of hydrogen-bond acceptors (Lipinski definition) is 4. The number of piperazine rings is 1. The SMILES string of the molecule is O=C(NCc1cccc(F)c1)C(C1CCCC1)N1CCN(C(=O)Cc2cccs2)CC1. The maximum absolute atomic E-state index is 13.5. The Kier molecular flexibility index (Phi) is 7.35. The van der Waals surface area contributed by atoms with Crippen LogP contribution in [-0.2, 0) is 22.6 Å². The van der Waals surface area contributed by atoms with Crippen molar-refractivity contribution in [2.75, 3.05) is 26.2 Å². The largest absolute Gasteiger partial charge is 0.351 e. The molecule has 166 valence electrons. The highest BCUT2D eigenvalue weighted by atomic mass is 32.1. The van der Waals surface area contributed by atoms with Gasteiger partial charge in [0.1, 0.15) is 5.82 Å². The molecule has 0 bridgehead atoms. The molecule has 0 radical (unpaired) electrons. The molecule has 1 aromatic heterocycles. The fraction of sp³-hybridized carbons (Fsp3) is 0.500. The van der Waals surface area contributed by atoms with E-state index in [-0.39, 0.29) is 23.7 Å². The van der Waals surface area contributed by atoms with Crippen LogP contribution in [0.25, 0.3) is 0 Å². The summed E-state index contributed by atoms with van der Waals surface area (Å²) in [5, 5.41) is 5.03. The van der Waals surface area contributed by atoms with Crippen LogP contribution in [-0.4, -0.2) is 53.8 Å². The Morgan fingerprint density at radius 3 is 2.55 bits per heavy atom. The van der Waals surface area contributed by atoms with Gasteiger partial charge in [-0.25, -0.2) is 4.39 Å². The summed E-state index contributed by atoms with van der Waals surface area (Å²) >= 11 is 1.61. The van der Waals surface area contributed by atoms with E-state index in [1.807, 2.05) is 28.5 Å². The van der Waals surface area contributed by atoms with Crippen molar-refractivity contribution < 1.29 is 14.0 Å². The zero-order chi connectivity index (χ0) is 21.6. The van der Waals surface area contributed by atoms with E-state index in [0.29, 0.717) is 45.1 Å². The molecule has 1 unspecified atom stereocenters. The summed E-state index contributed by atoms with van der Waals surface area (Å²) in [6.07, 6.45) is 4.91. The van der Waals surface area contributed by atoms with Gasteiger partial charge in [0, 0.05) is 37.6 Å². The molecule has 5 nitrogen and oxygen atoms in total. The van der Waals surface area contributed by atoms with Crippen molar-refractivity contribution in [3.05, 3.63) is 58.0 Å². The van der Waals surface area contributed by atoms with E-state index in [1.165, 1.54) is 12.1 Å². The zero-order valence-electron chi connectivity index (χ0n) is 17.8. The van der Waals surface area contributed by atoms with Crippen molar-refractivity contribution in [1.29, 1.82) is 0 Å². The Hall–Kier alpha value is -2.25. The molecular formula is C24H30FN3O2S. The predicted octanol–water partition coefficient (Wildman–Crippen LogP) is 3.45. The van der Waals surface area contributed by atoms with Crippen LogP contribution in [0.3, 0.4) is 0 Å². The molecule has 2 aliphatic rings. The lowest BCUT2D eigenvalue weighted by Crippen LogP contribution is -2.58. The molecule has 1 aromatic carbocycles. The molecule has 2 fully saturated rings. The number of halogens is 1. The van der Waals surface area contributed by atoms with Gasteiger partial charge in [-0.15, -0.1) is 11.3 Å². The second-order valence-corrected chi connectivity index (χ2v) is 9.54. The van der Waals surface area contributed by atoms with E-state index in [9.17, 15) is 14.0 Å². The molecule has 1 saturated carbocycles. The molecule has 0 spiro atoms. The van der Waals surface area contributed by atoms with Gasteiger partial charge in [0.25, 0.3) is 0 Å². The molecule has 2 aromatic rings. The third-order valence-electron chi connectivity index (χ3n) is 6.44. The second-order valence-electron chi connectivity index (χ2n) is 8.51. The van der Waals surface area contributed by atoms with Crippen molar-refractivity contribution >= 4 is 23.2 Å². The maximum Gasteiger partial charge on any atom is 0.237 e. The fourth-order valence-corrected chi connectivity index (χ4v) is 5.51. The van der Waals surface area contributed by atoms with Gasteiger partial charge in [-0.05, 0) is 47.9 Å². The topological polar surface area (TPSA) is 52.7 Å². The first-order valence-corrected chi connectivity index (χ1v) is 12.0. The average molecular weight is 444 g/mol. The molecule has 1 aliphatic carbocycles. The van der Waals surface area contributed by atoms with Crippen LogP contribution < -0.4 is 5.32 Å². The van der Waals surface area contributed by atoms with Crippen molar-refractivity contribution in [2.45, 2.75) is 44.7 Å². The Morgan fingerprint density at radius 1 is 1.10 bits per heavy atom. The first kappa shape index (κ1) is 22.0. The molecule has 2 heterocycles. The van der Waals surface area contributed by atoms with E-state index in [4.69, 9.17) is 0 Å². The minimum atomic E-state index is -0.289. The molecule has 4 rings (SSSR count). The van der Waals surface area contributed by atoms with Crippen LogP contribution in [0.4, 0.5) is 4.39 Å². The lowest BCUT2D eigenvalue weighted by molar-refractivity contribution is -0.134. The van der Waals surface area contributed by atoms with Gasteiger partial charge in [-0.3, -0.25) is 14.5 Å². The van der Waals surface area contributed by atoms with Gasteiger partial charge < -0.3 is 10.2 Å². The van der Waals surface area contributed by atoms with Crippen LogP contribution in [0.2, 0.25) is 0 Å². The van der Waals surface area contributed by atoms with Crippen LogP contribution in [0.15, 0.2) is 41.8 Å². The number of hydrogen-bond donors (Lipinski definition) is 1. The second kappa shape index (κ2) is 10.4. The predicted molar refractivity (Wildman–Crippen MR) is 120 cm³/mol. The standard InChI is InChI=1S/C24H30FN3O2S/c25-20-8-3-5-18(15-20)17-26-24(30)23(19-6-1-2-7-19)28-12-10-27(11-13-28)22(29)16-21-9-4-14-31-21/h3-5,8-9,14-15,19,23H,1-2,6-7,10-13,16-17H2,(H,26,30). The van der Waals surface area contributed by atoms with Crippen LogP contribution in [0.1, 0.15) is 36.1 Å². The molecule has 2 amide bonds. The van der Waals surface area contributed by atoms with E-state index in [0.717, 1.165) is 36.1 Å². The smallest absolute Gasteiger partial charge is 0.237 e. The Morgan fingerprint density at radius 2 is 1.87 bits per heavy atom. The zero-order valence-corrected chi connectivity index (χ0v) is 18.6. The van der Waals surface area contributed by atoms with Gasteiger partial charge in [0.05, 0.1) is 12.5 Å². The summed E-state index contributed by atoms with van der Waals surface area (Å²) in [5.74, 6) is 0.243. The quantitative estimate of drug-likeness (QED) is 0.713. The Labute approximate surface area is 187 Å². The minimum absolute atomic E-state index is 0.0227. The molecular weight excluding hydrogens is 413 g/mol. The third-order valence-corrected chi connectivity index (χ3v) is 7.31. The van der Waals surface area contributed by atoms with Gasteiger partial charge >= 0.3 is 0 Å². The normalized spacial score (nSPS) is 18.8. The summed E-state index contributed by atoms with van der Waals surface area (Å²) < 4.78 is 13.5. The average Bonchev–Trinajstić information content (AvgIpc) is 3.48.